The lowest BCUT2D eigenvalue weighted by Gasteiger charge is -2.18. The van der Waals surface area contributed by atoms with Gasteiger partial charge in [0.1, 0.15) is 5.75 Å². The van der Waals surface area contributed by atoms with Crippen LogP contribution in [0, 0.1) is 6.92 Å². The molecule has 1 aromatic rings. The van der Waals surface area contributed by atoms with Crippen LogP contribution in [0.2, 0.25) is 0 Å². The van der Waals surface area contributed by atoms with Gasteiger partial charge in [0.2, 0.25) is 0 Å². The Labute approximate surface area is 109 Å². The maximum Gasteiger partial charge on any atom is 0.124 e. The van der Waals surface area contributed by atoms with Gasteiger partial charge in [0.25, 0.3) is 0 Å². The van der Waals surface area contributed by atoms with Gasteiger partial charge in [0.05, 0.1) is 6.61 Å². The van der Waals surface area contributed by atoms with Crippen molar-refractivity contribution in [2.24, 2.45) is 0 Å². The fourth-order valence-electron chi connectivity index (χ4n) is 1.78. The second kappa shape index (κ2) is 7.62. The summed E-state index contributed by atoms with van der Waals surface area (Å²) in [6.45, 7) is 8.15. The van der Waals surface area contributed by atoms with Crippen molar-refractivity contribution in [3.05, 3.63) is 29.3 Å². The second-order valence-electron chi connectivity index (χ2n) is 4.16. The summed E-state index contributed by atoms with van der Waals surface area (Å²) >= 11 is 1.81. The molecule has 1 N–H and O–H groups in total. The molecule has 0 aromatic heterocycles. The minimum absolute atomic E-state index is 0.338. The van der Waals surface area contributed by atoms with E-state index in [1.807, 2.05) is 11.8 Å². The standard InChI is InChI=1S/C14H23NOS/c1-5-15-12(3)13-7-6-11(2)10-14(13)16-8-9-17-4/h6-7,10,12,15H,5,8-9H2,1-4H3. The van der Waals surface area contributed by atoms with Crippen molar-refractivity contribution in [2.75, 3.05) is 25.2 Å². The fraction of sp³-hybridized carbons (Fsp3) is 0.571. The molecule has 0 bridgehead atoms. The number of hydrogen-bond donors (Lipinski definition) is 1. The highest BCUT2D eigenvalue weighted by molar-refractivity contribution is 7.98. The molecule has 2 nitrogen and oxygen atoms in total. The van der Waals surface area contributed by atoms with Gasteiger partial charge in [0.15, 0.2) is 0 Å². The minimum Gasteiger partial charge on any atom is -0.492 e. The van der Waals surface area contributed by atoms with Gasteiger partial charge in [-0.25, -0.2) is 0 Å². The number of hydrogen-bond acceptors (Lipinski definition) is 3. The second-order valence-corrected chi connectivity index (χ2v) is 5.15. The third-order valence-electron chi connectivity index (χ3n) is 2.69. The molecular formula is C14H23NOS. The molecule has 0 aliphatic carbocycles. The molecule has 1 atom stereocenters. The minimum atomic E-state index is 0.338. The van der Waals surface area contributed by atoms with Crippen LogP contribution in [-0.4, -0.2) is 25.2 Å². The topological polar surface area (TPSA) is 21.3 Å². The van der Waals surface area contributed by atoms with Crippen molar-refractivity contribution in [3.63, 3.8) is 0 Å². The van der Waals surface area contributed by atoms with Gasteiger partial charge in [-0.15, -0.1) is 0 Å². The van der Waals surface area contributed by atoms with E-state index in [9.17, 15) is 0 Å². The zero-order valence-corrected chi connectivity index (χ0v) is 12.1. The predicted octanol–water partition coefficient (Wildman–Crippen LogP) is 3.41. The summed E-state index contributed by atoms with van der Waals surface area (Å²) in [5.41, 5.74) is 2.50. The van der Waals surface area contributed by atoms with Crippen LogP contribution in [-0.2, 0) is 0 Å². The number of aryl methyl sites for hydroxylation is 1. The van der Waals surface area contributed by atoms with E-state index in [1.54, 1.807) is 0 Å². The zero-order valence-electron chi connectivity index (χ0n) is 11.2. The van der Waals surface area contributed by atoms with E-state index in [-0.39, 0.29) is 0 Å². The van der Waals surface area contributed by atoms with E-state index in [4.69, 9.17) is 4.74 Å². The van der Waals surface area contributed by atoms with Crippen LogP contribution in [0.1, 0.15) is 31.0 Å². The summed E-state index contributed by atoms with van der Waals surface area (Å²) in [6.07, 6.45) is 2.10. The Kier molecular flexibility index (Phi) is 6.45. The van der Waals surface area contributed by atoms with Crippen molar-refractivity contribution in [2.45, 2.75) is 26.8 Å². The molecule has 1 aromatic carbocycles. The highest BCUT2D eigenvalue weighted by Gasteiger charge is 2.10. The van der Waals surface area contributed by atoms with Gasteiger partial charge in [-0.1, -0.05) is 19.1 Å². The maximum absolute atomic E-state index is 5.87. The zero-order chi connectivity index (χ0) is 12.7. The molecule has 0 saturated carbocycles. The molecule has 17 heavy (non-hydrogen) atoms. The largest absolute Gasteiger partial charge is 0.492 e. The summed E-state index contributed by atoms with van der Waals surface area (Å²) < 4.78 is 5.87. The molecule has 0 radical (unpaired) electrons. The molecule has 0 amide bonds. The summed E-state index contributed by atoms with van der Waals surface area (Å²) in [5.74, 6) is 2.05. The highest BCUT2D eigenvalue weighted by atomic mass is 32.2. The first-order valence-electron chi connectivity index (χ1n) is 6.14. The molecule has 1 rings (SSSR count). The van der Waals surface area contributed by atoms with Crippen LogP contribution in [0.4, 0.5) is 0 Å². The quantitative estimate of drug-likeness (QED) is 0.752. The number of ether oxygens (including phenoxy) is 1. The Morgan fingerprint density at radius 1 is 1.41 bits per heavy atom. The van der Waals surface area contributed by atoms with Gasteiger partial charge < -0.3 is 10.1 Å². The molecule has 0 fully saturated rings. The first kappa shape index (κ1) is 14.4. The molecule has 0 heterocycles. The molecular weight excluding hydrogens is 230 g/mol. The summed E-state index contributed by atoms with van der Waals surface area (Å²) in [7, 11) is 0. The molecule has 96 valence electrons. The van der Waals surface area contributed by atoms with Crippen LogP contribution in [0.3, 0.4) is 0 Å². The summed E-state index contributed by atoms with van der Waals surface area (Å²) in [4.78, 5) is 0. The van der Waals surface area contributed by atoms with E-state index < -0.39 is 0 Å². The van der Waals surface area contributed by atoms with Crippen molar-refractivity contribution < 1.29 is 4.74 Å². The number of thioether (sulfide) groups is 1. The van der Waals surface area contributed by atoms with Crippen LogP contribution < -0.4 is 10.1 Å². The maximum atomic E-state index is 5.87. The Morgan fingerprint density at radius 3 is 2.82 bits per heavy atom. The highest BCUT2D eigenvalue weighted by Crippen LogP contribution is 2.26. The van der Waals surface area contributed by atoms with E-state index in [1.165, 1.54) is 11.1 Å². The lowest BCUT2D eigenvalue weighted by molar-refractivity contribution is 0.336. The molecule has 0 aliphatic rings. The van der Waals surface area contributed by atoms with E-state index in [0.717, 1.165) is 24.7 Å². The smallest absolute Gasteiger partial charge is 0.124 e. The Morgan fingerprint density at radius 2 is 2.18 bits per heavy atom. The normalized spacial score (nSPS) is 12.5. The van der Waals surface area contributed by atoms with E-state index in [2.05, 4.69) is 50.5 Å². The van der Waals surface area contributed by atoms with Crippen molar-refractivity contribution in [3.8, 4) is 5.75 Å². The number of nitrogens with one attached hydrogen (secondary N) is 1. The van der Waals surface area contributed by atoms with Crippen molar-refractivity contribution in [1.29, 1.82) is 0 Å². The van der Waals surface area contributed by atoms with E-state index in [0.29, 0.717) is 6.04 Å². The Bertz CT molecular complexity index is 341. The van der Waals surface area contributed by atoms with Crippen LogP contribution in [0.5, 0.6) is 5.75 Å². The third-order valence-corrected chi connectivity index (χ3v) is 3.27. The Hall–Kier alpha value is -0.670. The molecule has 3 heteroatoms. The van der Waals surface area contributed by atoms with E-state index >= 15 is 0 Å². The van der Waals surface area contributed by atoms with Crippen molar-refractivity contribution in [1.82, 2.24) is 5.32 Å². The lowest BCUT2D eigenvalue weighted by Crippen LogP contribution is -2.18. The van der Waals surface area contributed by atoms with Crippen LogP contribution in [0.15, 0.2) is 18.2 Å². The monoisotopic (exact) mass is 253 g/mol. The SMILES string of the molecule is CCNC(C)c1ccc(C)cc1OCCSC. The van der Waals surface area contributed by atoms with Gasteiger partial charge in [-0.2, -0.15) is 11.8 Å². The van der Waals surface area contributed by atoms with Gasteiger partial charge in [-0.3, -0.25) is 0 Å². The van der Waals surface area contributed by atoms with Gasteiger partial charge in [-0.05, 0) is 38.3 Å². The summed E-state index contributed by atoms with van der Waals surface area (Å²) in [5, 5.41) is 3.43. The van der Waals surface area contributed by atoms with Crippen LogP contribution in [0.25, 0.3) is 0 Å². The molecule has 1 unspecified atom stereocenters. The summed E-state index contributed by atoms with van der Waals surface area (Å²) in [6, 6.07) is 6.77. The average Bonchev–Trinajstić information content (AvgIpc) is 2.30. The average molecular weight is 253 g/mol. The first-order chi connectivity index (χ1) is 8.19. The Balaban J connectivity index is 2.79. The van der Waals surface area contributed by atoms with Gasteiger partial charge in [0, 0.05) is 17.4 Å². The lowest BCUT2D eigenvalue weighted by atomic mass is 10.1. The third kappa shape index (κ3) is 4.60. The molecule has 0 spiro atoms. The van der Waals surface area contributed by atoms with Crippen molar-refractivity contribution >= 4 is 11.8 Å². The fourth-order valence-corrected chi connectivity index (χ4v) is 2.03. The molecule has 0 saturated heterocycles. The van der Waals surface area contributed by atoms with Gasteiger partial charge >= 0.3 is 0 Å². The predicted molar refractivity (Wildman–Crippen MR) is 77.1 cm³/mol. The number of rotatable bonds is 7. The van der Waals surface area contributed by atoms with Crippen LogP contribution >= 0.6 is 11.8 Å². The molecule has 0 aliphatic heterocycles. The number of benzene rings is 1. The first-order valence-corrected chi connectivity index (χ1v) is 7.54.